The number of anilines is 2. The van der Waals surface area contributed by atoms with Gasteiger partial charge in [0, 0.05) is 48.2 Å². The van der Waals surface area contributed by atoms with Crippen molar-refractivity contribution in [2.45, 2.75) is 71.5 Å². The normalized spacial score (nSPS) is 17.7. The molecule has 0 unspecified atom stereocenters. The molecule has 10 heteroatoms. The van der Waals surface area contributed by atoms with Gasteiger partial charge in [-0.1, -0.05) is 24.3 Å². The highest BCUT2D eigenvalue weighted by molar-refractivity contribution is 5.91. The zero-order valence-electron chi connectivity index (χ0n) is 30.2. The largest absolute Gasteiger partial charge is 0.481 e. The Morgan fingerprint density at radius 1 is 0.943 bits per heavy atom. The van der Waals surface area contributed by atoms with Crippen molar-refractivity contribution >= 4 is 39.5 Å². The van der Waals surface area contributed by atoms with Crippen molar-refractivity contribution in [2.24, 2.45) is 5.92 Å². The van der Waals surface area contributed by atoms with E-state index in [0.717, 1.165) is 88.3 Å². The first kappa shape index (κ1) is 34.5. The Hall–Kier alpha value is -5.63. The second kappa shape index (κ2) is 14.8. The minimum atomic E-state index is -0.704. The second-order valence-corrected chi connectivity index (χ2v) is 14.5. The molecule has 3 aromatic carbocycles. The number of hydrogen-bond donors (Lipinski definition) is 3. The highest BCUT2D eigenvalue weighted by atomic mass is 16.4. The van der Waals surface area contributed by atoms with E-state index in [1.54, 1.807) is 0 Å². The fourth-order valence-corrected chi connectivity index (χ4v) is 8.03. The van der Waals surface area contributed by atoms with Crippen molar-refractivity contribution in [1.82, 2.24) is 25.2 Å². The Kier molecular flexibility index (Phi) is 9.61. The number of pyridine rings is 2. The molecule has 0 bridgehead atoms. The van der Waals surface area contributed by atoms with Crippen LogP contribution >= 0.6 is 0 Å². The number of carboxylic acid groups (broad SMARTS) is 1. The van der Waals surface area contributed by atoms with Gasteiger partial charge in [-0.15, -0.1) is 0 Å². The van der Waals surface area contributed by atoms with Crippen LogP contribution in [0.1, 0.15) is 66.3 Å². The van der Waals surface area contributed by atoms with E-state index < -0.39 is 5.97 Å². The molecule has 2 fully saturated rings. The summed E-state index contributed by atoms with van der Waals surface area (Å²) < 4.78 is 6.31. The van der Waals surface area contributed by atoms with E-state index in [4.69, 9.17) is 14.4 Å². The lowest BCUT2D eigenvalue weighted by atomic mass is 9.86. The van der Waals surface area contributed by atoms with E-state index in [2.05, 4.69) is 70.8 Å². The molecule has 0 amide bonds. The average Bonchev–Trinajstić information content (AvgIpc) is 3.85. The lowest BCUT2D eigenvalue weighted by molar-refractivity contribution is -0.142. The van der Waals surface area contributed by atoms with Gasteiger partial charge in [0.05, 0.1) is 11.5 Å². The number of oxazole rings is 1. The molecule has 1 aliphatic heterocycles. The fourth-order valence-electron chi connectivity index (χ4n) is 8.03. The third-order valence-corrected chi connectivity index (χ3v) is 11.0. The van der Waals surface area contributed by atoms with Crippen LogP contribution in [0.3, 0.4) is 0 Å². The fraction of sp³-hybridized carbons (Fsp3) is 0.326. The number of benzene rings is 3. The molecule has 3 N–H and O–H groups in total. The van der Waals surface area contributed by atoms with E-state index in [9.17, 15) is 15.2 Å². The number of hydrogen-bond acceptors (Lipinski definition) is 9. The molecule has 2 aliphatic rings. The van der Waals surface area contributed by atoms with Gasteiger partial charge in [0.2, 0.25) is 5.89 Å². The average molecular weight is 706 g/mol. The molecule has 8 rings (SSSR count). The Morgan fingerprint density at radius 3 is 2.47 bits per heavy atom. The molecule has 1 aliphatic carbocycles. The summed E-state index contributed by atoms with van der Waals surface area (Å²) in [7, 11) is 0. The van der Waals surface area contributed by atoms with Gasteiger partial charge < -0.3 is 20.2 Å². The minimum Gasteiger partial charge on any atom is -0.481 e. The van der Waals surface area contributed by atoms with Crippen molar-refractivity contribution in [1.29, 1.82) is 5.26 Å². The van der Waals surface area contributed by atoms with Crippen molar-refractivity contribution in [3.05, 3.63) is 101 Å². The van der Waals surface area contributed by atoms with E-state index >= 15 is 0 Å². The number of nitriles is 1. The molecule has 10 nitrogen and oxygen atoms in total. The van der Waals surface area contributed by atoms with Crippen LogP contribution in [-0.4, -0.2) is 50.1 Å². The third kappa shape index (κ3) is 7.10. The van der Waals surface area contributed by atoms with Crippen LogP contribution in [0.4, 0.5) is 11.5 Å². The van der Waals surface area contributed by atoms with Gasteiger partial charge in [-0.2, -0.15) is 5.26 Å². The van der Waals surface area contributed by atoms with Crippen molar-refractivity contribution in [2.75, 3.05) is 18.4 Å². The van der Waals surface area contributed by atoms with Crippen LogP contribution in [0.15, 0.2) is 77.5 Å². The van der Waals surface area contributed by atoms with Crippen LogP contribution in [-0.2, 0) is 17.9 Å². The number of rotatable bonds is 10. The Labute approximate surface area is 308 Å². The summed E-state index contributed by atoms with van der Waals surface area (Å²) in [5.41, 5.74) is 10.6. The number of nitrogens with one attached hydrogen (secondary N) is 2. The van der Waals surface area contributed by atoms with Crippen molar-refractivity contribution in [3.63, 3.8) is 0 Å². The summed E-state index contributed by atoms with van der Waals surface area (Å²) in [5, 5.41) is 27.6. The molecule has 6 aromatic rings. The number of aliphatic carboxylic acids is 1. The number of carbonyl (C=O) groups is 1. The van der Waals surface area contributed by atoms with Crippen LogP contribution in [0.2, 0.25) is 0 Å². The van der Waals surface area contributed by atoms with Gasteiger partial charge in [-0.05, 0) is 135 Å². The van der Waals surface area contributed by atoms with Gasteiger partial charge in [-0.3, -0.25) is 14.7 Å². The van der Waals surface area contributed by atoms with Gasteiger partial charge >= 0.3 is 5.97 Å². The first-order valence-electron chi connectivity index (χ1n) is 18.6. The maximum atomic E-state index is 11.3. The zero-order valence-corrected chi connectivity index (χ0v) is 30.2. The molecule has 53 heavy (non-hydrogen) atoms. The lowest BCUT2D eigenvalue weighted by Gasteiger charge is -2.27. The van der Waals surface area contributed by atoms with Crippen LogP contribution in [0.5, 0.6) is 0 Å². The molecule has 268 valence electrons. The van der Waals surface area contributed by atoms with Gasteiger partial charge in [0.1, 0.15) is 17.1 Å². The molecular formula is C43H43N7O3. The van der Waals surface area contributed by atoms with Crippen LogP contribution in [0.25, 0.3) is 44.6 Å². The van der Waals surface area contributed by atoms with E-state index in [1.165, 1.54) is 18.4 Å². The molecule has 1 saturated carbocycles. The van der Waals surface area contributed by atoms with E-state index in [-0.39, 0.29) is 12.0 Å². The monoisotopic (exact) mass is 705 g/mol. The predicted octanol–water partition coefficient (Wildman–Crippen LogP) is 8.67. The van der Waals surface area contributed by atoms with Crippen molar-refractivity contribution < 1.29 is 14.3 Å². The summed E-state index contributed by atoms with van der Waals surface area (Å²) in [6, 6.07) is 23.0. The minimum absolute atomic E-state index is 0.250. The number of aromatic nitrogens is 3. The molecular weight excluding hydrogens is 663 g/mol. The Balaban J connectivity index is 1.04. The molecule has 0 spiro atoms. The topological polar surface area (TPSA) is 140 Å². The number of likely N-dealkylation sites (tertiary alicyclic amines) is 1. The SMILES string of the molecule is Cc1c(Nc2nccc3cc(CN4CCCC4)cnc23)cccc1-c1cccc(-c2nc3cc(CNC4CCC(C(=O)O)CC4)cc(C#N)c3o2)c1C. The number of carboxylic acids is 1. The van der Waals surface area contributed by atoms with Crippen LogP contribution < -0.4 is 10.6 Å². The van der Waals surface area contributed by atoms with E-state index in [0.29, 0.717) is 41.9 Å². The highest BCUT2D eigenvalue weighted by Gasteiger charge is 2.26. The molecule has 0 atom stereocenters. The van der Waals surface area contributed by atoms with Crippen molar-refractivity contribution in [3.8, 4) is 28.7 Å². The Bertz CT molecular complexity index is 2360. The predicted molar refractivity (Wildman–Crippen MR) is 207 cm³/mol. The first-order valence-corrected chi connectivity index (χ1v) is 18.6. The van der Waals surface area contributed by atoms with Gasteiger partial charge in [0.25, 0.3) is 0 Å². The van der Waals surface area contributed by atoms with Crippen LogP contribution in [0, 0.1) is 31.1 Å². The number of fused-ring (bicyclic) bond motifs is 2. The molecule has 0 radical (unpaired) electrons. The number of nitrogens with zero attached hydrogens (tertiary/aromatic N) is 5. The molecule has 1 saturated heterocycles. The van der Waals surface area contributed by atoms with E-state index in [1.807, 2.05) is 42.7 Å². The summed E-state index contributed by atoms with van der Waals surface area (Å²) in [6.45, 7) is 7.98. The quantitative estimate of drug-likeness (QED) is 0.127. The summed E-state index contributed by atoms with van der Waals surface area (Å²) in [6.07, 6.45) is 9.36. The third-order valence-electron chi connectivity index (χ3n) is 11.0. The molecule has 4 heterocycles. The second-order valence-electron chi connectivity index (χ2n) is 14.5. The Morgan fingerprint density at radius 2 is 1.70 bits per heavy atom. The zero-order chi connectivity index (χ0) is 36.5. The first-order chi connectivity index (χ1) is 25.8. The standard InChI is InChI=1S/C43H43N7O3/c1-26-34(35-8-6-10-37(27(35)2)48-41-39-31(15-16-45-41)20-29(24-47-39)25-50-17-3-4-18-50)7-5-9-36(26)42-49-38-21-28(19-32(22-44)40(38)53-42)23-46-33-13-11-30(12-14-33)43(51)52/h5-10,15-16,19-21,24,30,33,46H,3-4,11-14,17-18,23,25H2,1-2H3,(H,45,48)(H,51,52). The molecule has 3 aromatic heterocycles. The van der Waals surface area contributed by atoms with Gasteiger partial charge in [0.15, 0.2) is 11.4 Å². The maximum absolute atomic E-state index is 11.3. The summed E-state index contributed by atoms with van der Waals surface area (Å²) >= 11 is 0. The highest BCUT2D eigenvalue weighted by Crippen LogP contribution is 2.38. The smallest absolute Gasteiger partial charge is 0.306 e. The summed E-state index contributed by atoms with van der Waals surface area (Å²) in [4.78, 5) is 28.3. The summed E-state index contributed by atoms with van der Waals surface area (Å²) in [5.74, 6) is 0.234. The lowest BCUT2D eigenvalue weighted by Crippen LogP contribution is -2.34. The van der Waals surface area contributed by atoms with Gasteiger partial charge in [-0.25, -0.2) is 9.97 Å². The maximum Gasteiger partial charge on any atom is 0.306 e.